The van der Waals surface area contributed by atoms with Crippen LogP contribution >= 0.6 is 0 Å². The van der Waals surface area contributed by atoms with Crippen LogP contribution in [0.25, 0.3) is 0 Å². The van der Waals surface area contributed by atoms with E-state index in [9.17, 15) is 0 Å². The quantitative estimate of drug-likeness (QED) is 0.694. The molecule has 0 spiro atoms. The smallest absolute Gasteiger partial charge is 0.213 e. The molecule has 5 nitrogen and oxygen atoms in total. The van der Waals surface area contributed by atoms with E-state index in [1.165, 1.54) is 6.39 Å². The summed E-state index contributed by atoms with van der Waals surface area (Å²) < 4.78 is 15.4. The fourth-order valence-corrected chi connectivity index (χ4v) is 1.29. The Labute approximate surface area is 76.0 Å². The van der Waals surface area contributed by atoms with Crippen LogP contribution in [-0.4, -0.2) is 29.5 Å². The van der Waals surface area contributed by atoms with Gasteiger partial charge < -0.3 is 14.0 Å². The number of nitrogens with zero attached hydrogens (tertiary/aromatic N) is 2. The van der Waals surface area contributed by atoms with Crippen molar-refractivity contribution in [3.8, 4) is 0 Å². The predicted octanol–water partition coefficient (Wildman–Crippen LogP) is 0.765. The molecule has 0 amide bonds. The van der Waals surface area contributed by atoms with Crippen LogP contribution in [0.5, 0.6) is 0 Å². The van der Waals surface area contributed by atoms with Crippen molar-refractivity contribution in [2.45, 2.75) is 25.6 Å². The second-order valence-corrected chi connectivity index (χ2v) is 2.97. The van der Waals surface area contributed by atoms with Crippen molar-refractivity contribution in [2.24, 2.45) is 0 Å². The first-order valence-electron chi connectivity index (χ1n) is 4.40. The van der Waals surface area contributed by atoms with Gasteiger partial charge in [-0.2, -0.15) is 4.98 Å². The van der Waals surface area contributed by atoms with Crippen molar-refractivity contribution < 1.29 is 14.0 Å². The first kappa shape index (κ1) is 8.65. The van der Waals surface area contributed by atoms with Crippen LogP contribution in [0.2, 0.25) is 0 Å². The summed E-state index contributed by atoms with van der Waals surface area (Å²) in [6.45, 7) is 2.01. The molecule has 2 heterocycles. The summed E-state index contributed by atoms with van der Waals surface area (Å²) in [5.74, 6) is 0.603. The Morgan fingerprint density at radius 3 is 3.00 bits per heavy atom. The maximum Gasteiger partial charge on any atom is 0.213 e. The standard InChI is InChI=1S/C8H12N2O3/c1-3-11-4-2-7(1)12-5-8-9-6-13-10-8/h6-7H,1-5H2. The Bertz CT molecular complexity index is 232. The molecule has 0 atom stereocenters. The maximum atomic E-state index is 5.56. The van der Waals surface area contributed by atoms with Gasteiger partial charge in [0.1, 0.15) is 6.61 Å². The van der Waals surface area contributed by atoms with Crippen molar-refractivity contribution in [2.75, 3.05) is 13.2 Å². The van der Waals surface area contributed by atoms with Crippen molar-refractivity contribution in [1.29, 1.82) is 0 Å². The summed E-state index contributed by atoms with van der Waals surface area (Å²) in [6.07, 6.45) is 3.51. The molecule has 2 rings (SSSR count). The summed E-state index contributed by atoms with van der Waals surface area (Å²) in [4.78, 5) is 3.87. The van der Waals surface area contributed by atoms with Gasteiger partial charge in [0.2, 0.25) is 6.39 Å². The minimum absolute atomic E-state index is 0.284. The largest absolute Gasteiger partial charge is 0.381 e. The highest BCUT2D eigenvalue weighted by Crippen LogP contribution is 2.11. The van der Waals surface area contributed by atoms with Crippen LogP contribution in [0, 0.1) is 0 Å². The molecule has 13 heavy (non-hydrogen) atoms. The van der Waals surface area contributed by atoms with Crippen molar-refractivity contribution >= 4 is 0 Å². The molecular weight excluding hydrogens is 172 g/mol. The van der Waals surface area contributed by atoms with E-state index >= 15 is 0 Å². The zero-order valence-electron chi connectivity index (χ0n) is 7.31. The summed E-state index contributed by atoms with van der Waals surface area (Å²) in [6, 6.07) is 0. The Morgan fingerprint density at radius 1 is 1.46 bits per heavy atom. The molecule has 0 saturated carbocycles. The molecule has 1 aromatic heterocycles. The molecular formula is C8H12N2O3. The van der Waals surface area contributed by atoms with Crippen LogP contribution in [0.4, 0.5) is 0 Å². The van der Waals surface area contributed by atoms with Gasteiger partial charge in [-0.15, -0.1) is 0 Å². The summed E-state index contributed by atoms with van der Waals surface area (Å²) >= 11 is 0. The maximum absolute atomic E-state index is 5.56. The van der Waals surface area contributed by atoms with Gasteiger partial charge in [0.15, 0.2) is 5.82 Å². The van der Waals surface area contributed by atoms with Gasteiger partial charge >= 0.3 is 0 Å². The molecule has 0 radical (unpaired) electrons. The van der Waals surface area contributed by atoms with Crippen LogP contribution < -0.4 is 0 Å². The number of rotatable bonds is 3. The minimum Gasteiger partial charge on any atom is -0.381 e. The minimum atomic E-state index is 0.284. The molecule has 0 aromatic carbocycles. The molecule has 0 bridgehead atoms. The van der Waals surface area contributed by atoms with Gasteiger partial charge in [0.05, 0.1) is 6.10 Å². The molecule has 1 aliphatic heterocycles. The fourth-order valence-electron chi connectivity index (χ4n) is 1.29. The Hall–Kier alpha value is -0.940. The highest BCUT2D eigenvalue weighted by molar-refractivity contribution is 4.74. The average molecular weight is 184 g/mol. The van der Waals surface area contributed by atoms with E-state index in [4.69, 9.17) is 9.47 Å². The van der Waals surface area contributed by atoms with Gasteiger partial charge in [-0.1, -0.05) is 5.16 Å². The van der Waals surface area contributed by atoms with E-state index in [1.54, 1.807) is 0 Å². The van der Waals surface area contributed by atoms with Crippen molar-refractivity contribution in [3.63, 3.8) is 0 Å². The summed E-state index contributed by atoms with van der Waals surface area (Å²) in [7, 11) is 0. The van der Waals surface area contributed by atoms with Crippen LogP contribution in [0.3, 0.4) is 0 Å². The van der Waals surface area contributed by atoms with Crippen LogP contribution in [0.1, 0.15) is 18.7 Å². The van der Waals surface area contributed by atoms with E-state index in [0.717, 1.165) is 26.1 Å². The summed E-state index contributed by atoms with van der Waals surface area (Å²) in [5, 5.41) is 3.66. The van der Waals surface area contributed by atoms with Gasteiger partial charge in [-0.05, 0) is 12.8 Å². The lowest BCUT2D eigenvalue weighted by Crippen LogP contribution is -2.23. The Kier molecular flexibility index (Phi) is 2.89. The average Bonchev–Trinajstić information content (AvgIpc) is 2.69. The Morgan fingerprint density at radius 2 is 2.31 bits per heavy atom. The van der Waals surface area contributed by atoms with E-state index in [2.05, 4.69) is 14.7 Å². The van der Waals surface area contributed by atoms with E-state index in [1.807, 2.05) is 0 Å². The van der Waals surface area contributed by atoms with E-state index in [0.29, 0.717) is 12.4 Å². The predicted molar refractivity (Wildman–Crippen MR) is 42.9 cm³/mol. The number of aromatic nitrogens is 2. The van der Waals surface area contributed by atoms with Crippen molar-refractivity contribution in [3.05, 3.63) is 12.2 Å². The van der Waals surface area contributed by atoms with Gasteiger partial charge in [0, 0.05) is 13.2 Å². The van der Waals surface area contributed by atoms with E-state index < -0.39 is 0 Å². The zero-order chi connectivity index (χ0) is 8.93. The third-order valence-electron chi connectivity index (χ3n) is 2.02. The highest BCUT2D eigenvalue weighted by atomic mass is 16.5. The first-order chi connectivity index (χ1) is 6.45. The monoisotopic (exact) mass is 184 g/mol. The topological polar surface area (TPSA) is 57.4 Å². The second kappa shape index (κ2) is 4.34. The molecule has 5 heteroatoms. The zero-order valence-corrected chi connectivity index (χ0v) is 7.31. The number of ether oxygens (including phenoxy) is 2. The van der Waals surface area contributed by atoms with Crippen LogP contribution in [-0.2, 0) is 16.1 Å². The third kappa shape index (κ3) is 2.50. The fraction of sp³-hybridized carbons (Fsp3) is 0.750. The molecule has 1 saturated heterocycles. The molecule has 1 fully saturated rings. The number of hydrogen-bond acceptors (Lipinski definition) is 5. The lowest BCUT2D eigenvalue weighted by Gasteiger charge is -2.21. The molecule has 1 aliphatic rings. The number of hydrogen-bond donors (Lipinski definition) is 0. The molecule has 0 aliphatic carbocycles. The molecule has 0 N–H and O–H groups in total. The lowest BCUT2D eigenvalue weighted by atomic mass is 10.2. The highest BCUT2D eigenvalue weighted by Gasteiger charge is 2.14. The van der Waals surface area contributed by atoms with E-state index in [-0.39, 0.29) is 6.10 Å². The van der Waals surface area contributed by atoms with Gasteiger partial charge in [-0.25, -0.2) is 0 Å². The van der Waals surface area contributed by atoms with Crippen molar-refractivity contribution in [1.82, 2.24) is 10.1 Å². The third-order valence-corrected chi connectivity index (χ3v) is 2.02. The molecule has 1 aromatic rings. The van der Waals surface area contributed by atoms with Crippen LogP contribution in [0.15, 0.2) is 10.9 Å². The second-order valence-electron chi connectivity index (χ2n) is 2.97. The summed E-state index contributed by atoms with van der Waals surface area (Å²) in [5.41, 5.74) is 0. The van der Waals surface area contributed by atoms with Gasteiger partial charge in [0.25, 0.3) is 0 Å². The van der Waals surface area contributed by atoms with Gasteiger partial charge in [-0.3, -0.25) is 0 Å². The molecule has 0 unspecified atom stereocenters. The molecule has 72 valence electrons. The lowest BCUT2D eigenvalue weighted by molar-refractivity contribution is -0.0412. The SMILES string of the molecule is c1nc(COC2CCOCC2)no1. The first-order valence-corrected chi connectivity index (χ1v) is 4.40. The normalized spacial score (nSPS) is 19.1. The Balaban J connectivity index is 1.72.